The van der Waals surface area contributed by atoms with Gasteiger partial charge in [0, 0.05) is 12.1 Å². The average molecular weight is 339 g/mol. The number of aromatic nitrogens is 2. The van der Waals surface area contributed by atoms with Crippen molar-refractivity contribution in [1.29, 1.82) is 0 Å². The van der Waals surface area contributed by atoms with Crippen LogP contribution in [0.25, 0.3) is 0 Å². The van der Waals surface area contributed by atoms with Crippen LogP contribution in [0.4, 0.5) is 0 Å². The zero-order valence-corrected chi connectivity index (χ0v) is 14.0. The molecule has 1 aromatic carbocycles. The Hall–Kier alpha value is -1.67. The Morgan fingerprint density at radius 3 is 2.95 bits per heavy atom. The van der Waals surface area contributed by atoms with E-state index in [2.05, 4.69) is 15.5 Å². The molecule has 1 amide bonds. The average Bonchev–Trinajstić information content (AvgIpc) is 2.99. The van der Waals surface area contributed by atoms with Crippen LogP contribution in [0.5, 0.6) is 5.75 Å². The molecule has 0 aliphatic heterocycles. The van der Waals surface area contributed by atoms with Crippen LogP contribution in [0.1, 0.15) is 11.5 Å². The number of nitrogens with zero attached hydrogens (tertiary/aromatic N) is 2. The summed E-state index contributed by atoms with van der Waals surface area (Å²) in [4.78, 5) is 11.9. The minimum absolute atomic E-state index is 0.0967. The van der Waals surface area contributed by atoms with Crippen LogP contribution >= 0.6 is 23.5 Å². The van der Waals surface area contributed by atoms with Gasteiger partial charge in [0.2, 0.25) is 11.8 Å². The van der Waals surface area contributed by atoms with Crippen molar-refractivity contribution in [3.8, 4) is 5.75 Å². The summed E-state index contributed by atoms with van der Waals surface area (Å²) in [7, 11) is 1.61. The van der Waals surface area contributed by atoms with Gasteiger partial charge in [0.1, 0.15) is 5.75 Å². The maximum Gasteiger partial charge on any atom is 0.277 e. The Labute approximate surface area is 137 Å². The van der Waals surface area contributed by atoms with E-state index >= 15 is 0 Å². The highest BCUT2D eigenvalue weighted by Gasteiger charge is 2.10. The van der Waals surface area contributed by atoms with Crippen molar-refractivity contribution < 1.29 is 13.9 Å². The van der Waals surface area contributed by atoms with Crippen LogP contribution < -0.4 is 10.1 Å². The maximum absolute atomic E-state index is 11.9. The second kappa shape index (κ2) is 8.70. The van der Waals surface area contributed by atoms with E-state index in [0.29, 0.717) is 23.4 Å². The number of carbonyl (C=O) groups is 1. The quantitative estimate of drug-likeness (QED) is 0.740. The molecule has 0 aliphatic carbocycles. The molecule has 1 aromatic heterocycles. The van der Waals surface area contributed by atoms with E-state index in [0.717, 1.165) is 11.3 Å². The van der Waals surface area contributed by atoms with Crippen LogP contribution in [0, 0.1) is 0 Å². The Morgan fingerprint density at radius 2 is 2.18 bits per heavy atom. The Kier molecular flexibility index (Phi) is 6.60. The fourth-order valence-electron chi connectivity index (χ4n) is 1.70. The van der Waals surface area contributed by atoms with E-state index in [9.17, 15) is 4.79 Å². The first-order valence-corrected chi connectivity index (χ1v) is 8.93. The lowest BCUT2D eigenvalue weighted by Crippen LogP contribution is -2.24. The first kappa shape index (κ1) is 16.7. The first-order valence-electron chi connectivity index (χ1n) is 6.55. The number of carbonyl (C=O) groups excluding carboxylic acids is 1. The van der Waals surface area contributed by atoms with E-state index in [1.807, 2.05) is 30.5 Å². The van der Waals surface area contributed by atoms with Gasteiger partial charge in [0.05, 0.1) is 18.6 Å². The summed E-state index contributed by atoms with van der Waals surface area (Å²) in [5, 5.41) is 11.0. The molecule has 0 radical (unpaired) electrons. The van der Waals surface area contributed by atoms with Crippen molar-refractivity contribution in [2.24, 2.45) is 0 Å². The zero-order valence-electron chi connectivity index (χ0n) is 12.4. The van der Waals surface area contributed by atoms with Crippen LogP contribution in [0.3, 0.4) is 0 Å². The molecule has 0 saturated carbocycles. The summed E-state index contributed by atoms with van der Waals surface area (Å²) < 4.78 is 10.6. The standard InChI is InChI=1S/C14H17N3O3S2/c1-19-11-6-4-3-5-10(11)7-15-12(18)8-22-14-17-16-13(20-14)9-21-2/h3-6H,7-9H2,1-2H3,(H,15,18). The van der Waals surface area contributed by atoms with Crippen molar-refractivity contribution in [2.45, 2.75) is 17.5 Å². The first-order chi connectivity index (χ1) is 10.7. The predicted octanol–water partition coefficient (Wildman–Crippen LogP) is 2.35. The largest absolute Gasteiger partial charge is 0.496 e. The number of methoxy groups -OCH3 is 1. The smallest absolute Gasteiger partial charge is 0.277 e. The van der Waals surface area contributed by atoms with E-state index in [1.165, 1.54) is 11.8 Å². The van der Waals surface area contributed by atoms with E-state index in [1.54, 1.807) is 18.9 Å². The number of para-hydroxylation sites is 1. The molecule has 1 heterocycles. The van der Waals surface area contributed by atoms with Crippen molar-refractivity contribution >= 4 is 29.4 Å². The summed E-state index contributed by atoms with van der Waals surface area (Å²) in [6, 6.07) is 7.58. The number of rotatable bonds is 8. The molecule has 22 heavy (non-hydrogen) atoms. The second-order valence-electron chi connectivity index (χ2n) is 4.27. The van der Waals surface area contributed by atoms with Crippen molar-refractivity contribution in [1.82, 2.24) is 15.5 Å². The molecule has 0 spiro atoms. The summed E-state index contributed by atoms with van der Waals surface area (Å²) in [6.45, 7) is 0.422. The fourth-order valence-corrected chi connectivity index (χ4v) is 2.67. The lowest BCUT2D eigenvalue weighted by atomic mass is 10.2. The van der Waals surface area contributed by atoms with Gasteiger partial charge in [-0.05, 0) is 12.3 Å². The maximum atomic E-state index is 11.9. The van der Waals surface area contributed by atoms with Gasteiger partial charge in [-0.25, -0.2) is 0 Å². The molecule has 118 valence electrons. The number of amides is 1. The number of ether oxygens (including phenoxy) is 1. The summed E-state index contributed by atoms with van der Waals surface area (Å²) in [6.07, 6.45) is 1.96. The number of benzene rings is 1. The molecule has 2 rings (SSSR count). The summed E-state index contributed by atoms with van der Waals surface area (Å²) in [5.74, 6) is 2.14. The number of hydrogen-bond donors (Lipinski definition) is 1. The van der Waals surface area contributed by atoms with Gasteiger partial charge in [0.15, 0.2) is 0 Å². The molecule has 2 aromatic rings. The SMILES string of the molecule is COc1ccccc1CNC(=O)CSc1nnc(CSC)o1. The highest BCUT2D eigenvalue weighted by atomic mass is 32.2. The van der Waals surface area contributed by atoms with E-state index < -0.39 is 0 Å². The zero-order chi connectivity index (χ0) is 15.8. The Morgan fingerprint density at radius 1 is 1.36 bits per heavy atom. The molecular formula is C14H17N3O3S2. The van der Waals surface area contributed by atoms with Crippen molar-refractivity contribution in [3.63, 3.8) is 0 Å². The highest BCUT2D eigenvalue weighted by Crippen LogP contribution is 2.19. The third-order valence-electron chi connectivity index (χ3n) is 2.71. The normalized spacial score (nSPS) is 10.5. The number of hydrogen-bond acceptors (Lipinski definition) is 7. The molecule has 0 atom stereocenters. The minimum atomic E-state index is -0.0967. The third kappa shape index (κ3) is 4.96. The third-order valence-corrected chi connectivity index (χ3v) is 4.07. The summed E-state index contributed by atoms with van der Waals surface area (Å²) in [5.41, 5.74) is 0.934. The molecule has 1 N–H and O–H groups in total. The molecule has 8 heteroatoms. The van der Waals surface area contributed by atoms with Gasteiger partial charge in [-0.3, -0.25) is 4.79 Å². The lowest BCUT2D eigenvalue weighted by Gasteiger charge is -2.08. The lowest BCUT2D eigenvalue weighted by molar-refractivity contribution is -0.118. The molecule has 0 fully saturated rings. The topological polar surface area (TPSA) is 77.2 Å². The molecule has 0 unspecified atom stereocenters. The fraction of sp³-hybridized carbons (Fsp3) is 0.357. The monoisotopic (exact) mass is 339 g/mol. The number of thioether (sulfide) groups is 2. The highest BCUT2D eigenvalue weighted by molar-refractivity contribution is 7.99. The van der Waals surface area contributed by atoms with Gasteiger partial charge < -0.3 is 14.5 Å². The van der Waals surface area contributed by atoms with Crippen molar-refractivity contribution in [2.75, 3.05) is 19.1 Å². The number of nitrogens with one attached hydrogen (secondary N) is 1. The van der Waals surface area contributed by atoms with Gasteiger partial charge >= 0.3 is 0 Å². The predicted molar refractivity (Wildman–Crippen MR) is 87.1 cm³/mol. The Balaban J connectivity index is 1.78. The molecule has 0 bridgehead atoms. The van der Waals surface area contributed by atoms with Crippen LogP contribution in [0.15, 0.2) is 33.9 Å². The summed E-state index contributed by atoms with van der Waals surface area (Å²) >= 11 is 2.83. The minimum Gasteiger partial charge on any atom is -0.496 e. The van der Waals surface area contributed by atoms with E-state index in [4.69, 9.17) is 9.15 Å². The van der Waals surface area contributed by atoms with Gasteiger partial charge in [0.25, 0.3) is 5.22 Å². The molecule has 6 nitrogen and oxygen atoms in total. The molecule has 0 saturated heterocycles. The van der Waals surface area contributed by atoms with Crippen LogP contribution in [-0.2, 0) is 17.1 Å². The van der Waals surface area contributed by atoms with Crippen LogP contribution in [-0.4, -0.2) is 35.2 Å². The Bertz CT molecular complexity index is 619. The van der Waals surface area contributed by atoms with Gasteiger partial charge in [-0.15, -0.1) is 10.2 Å². The van der Waals surface area contributed by atoms with Crippen LogP contribution in [0.2, 0.25) is 0 Å². The molecule has 0 aliphatic rings. The van der Waals surface area contributed by atoms with E-state index in [-0.39, 0.29) is 11.7 Å². The second-order valence-corrected chi connectivity index (χ2v) is 6.06. The van der Waals surface area contributed by atoms with Gasteiger partial charge in [-0.2, -0.15) is 11.8 Å². The molecular weight excluding hydrogens is 322 g/mol. The van der Waals surface area contributed by atoms with Crippen molar-refractivity contribution in [3.05, 3.63) is 35.7 Å². The van der Waals surface area contributed by atoms with Gasteiger partial charge in [-0.1, -0.05) is 30.0 Å².